The molecule has 0 spiro atoms. The van der Waals surface area contributed by atoms with Gasteiger partial charge >= 0.3 is 0 Å². The highest BCUT2D eigenvalue weighted by Gasteiger charge is 2.30. The molecule has 1 heterocycles. The van der Waals surface area contributed by atoms with Gasteiger partial charge in [0.25, 0.3) is 0 Å². The summed E-state index contributed by atoms with van der Waals surface area (Å²) in [6, 6.07) is 6.75. The minimum absolute atomic E-state index is 0.0161. The lowest BCUT2D eigenvalue weighted by Crippen LogP contribution is -2.45. The molecule has 0 aromatic heterocycles. The van der Waals surface area contributed by atoms with Gasteiger partial charge < -0.3 is 20.6 Å². The van der Waals surface area contributed by atoms with Gasteiger partial charge in [0.2, 0.25) is 5.91 Å². The minimum atomic E-state index is -0.513. The molecule has 1 aliphatic heterocycles. The Hall–Kier alpha value is -1.59. The van der Waals surface area contributed by atoms with Crippen molar-refractivity contribution >= 4 is 5.91 Å². The summed E-state index contributed by atoms with van der Waals surface area (Å²) in [7, 11) is 4.07. The Morgan fingerprint density at radius 1 is 1.45 bits per heavy atom. The van der Waals surface area contributed by atoms with E-state index in [-0.39, 0.29) is 11.7 Å². The van der Waals surface area contributed by atoms with Crippen LogP contribution in [-0.4, -0.2) is 60.1 Å². The maximum absolute atomic E-state index is 12.3. The Morgan fingerprint density at radius 3 is 2.65 bits per heavy atom. The number of phenols is 1. The topological polar surface area (TPSA) is 69.8 Å². The number of nitrogens with zero attached hydrogens (tertiary/aromatic N) is 2. The van der Waals surface area contributed by atoms with E-state index in [0.717, 1.165) is 25.1 Å². The second-order valence-electron chi connectivity index (χ2n) is 5.67. The Balaban J connectivity index is 1.91. The third kappa shape index (κ3) is 3.49. The second kappa shape index (κ2) is 6.24. The predicted molar refractivity (Wildman–Crippen MR) is 78.5 cm³/mol. The lowest BCUT2D eigenvalue weighted by atomic mass is 10.1. The van der Waals surface area contributed by atoms with Crippen LogP contribution in [0.3, 0.4) is 0 Å². The van der Waals surface area contributed by atoms with Gasteiger partial charge in [-0.15, -0.1) is 0 Å². The number of carbonyl (C=O) groups is 1. The summed E-state index contributed by atoms with van der Waals surface area (Å²) in [5.74, 6) is 0.240. The van der Waals surface area contributed by atoms with E-state index in [0.29, 0.717) is 12.5 Å². The molecule has 2 unspecified atom stereocenters. The van der Waals surface area contributed by atoms with Crippen LogP contribution in [0, 0.1) is 0 Å². The molecule has 1 saturated heterocycles. The van der Waals surface area contributed by atoms with E-state index in [2.05, 4.69) is 4.90 Å². The fourth-order valence-electron chi connectivity index (χ4n) is 2.57. The molecular formula is C15H23N3O2. The molecule has 0 bridgehead atoms. The SMILES string of the molecule is CN(C)C1CCN(C(=O)C(N)Cc2ccc(O)cc2)C1. The van der Waals surface area contributed by atoms with Gasteiger partial charge in [0, 0.05) is 19.1 Å². The summed E-state index contributed by atoms with van der Waals surface area (Å²) in [6.07, 6.45) is 1.51. The maximum atomic E-state index is 12.3. The molecule has 2 rings (SSSR count). The van der Waals surface area contributed by atoms with Crippen LogP contribution in [-0.2, 0) is 11.2 Å². The van der Waals surface area contributed by atoms with Crippen LogP contribution in [0.25, 0.3) is 0 Å². The first-order valence-corrected chi connectivity index (χ1v) is 6.96. The van der Waals surface area contributed by atoms with Crippen molar-refractivity contribution in [2.75, 3.05) is 27.2 Å². The lowest BCUT2D eigenvalue weighted by Gasteiger charge is -2.23. The van der Waals surface area contributed by atoms with Crippen molar-refractivity contribution in [3.8, 4) is 5.75 Å². The van der Waals surface area contributed by atoms with Crippen molar-refractivity contribution in [1.29, 1.82) is 0 Å². The van der Waals surface area contributed by atoms with Gasteiger partial charge in [-0.25, -0.2) is 0 Å². The number of carbonyl (C=O) groups excluding carboxylic acids is 1. The highest BCUT2D eigenvalue weighted by atomic mass is 16.3. The molecule has 5 nitrogen and oxygen atoms in total. The van der Waals surface area contributed by atoms with Crippen LogP contribution in [0.4, 0.5) is 0 Å². The van der Waals surface area contributed by atoms with Crippen molar-refractivity contribution in [3.05, 3.63) is 29.8 Å². The van der Waals surface area contributed by atoms with E-state index in [1.807, 2.05) is 19.0 Å². The number of likely N-dealkylation sites (N-methyl/N-ethyl adjacent to an activating group) is 1. The van der Waals surface area contributed by atoms with Gasteiger partial charge in [0.1, 0.15) is 5.75 Å². The van der Waals surface area contributed by atoms with Crippen molar-refractivity contribution in [1.82, 2.24) is 9.80 Å². The van der Waals surface area contributed by atoms with Crippen molar-refractivity contribution in [3.63, 3.8) is 0 Å². The van der Waals surface area contributed by atoms with Crippen LogP contribution in [0.15, 0.2) is 24.3 Å². The smallest absolute Gasteiger partial charge is 0.239 e. The van der Waals surface area contributed by atoms with E-state index in [1.165, 1.54) is 0 Å². The monoisotopic (exact) mass is 277 g/mol. The van der Waals surface area contributed by atoms with Crippen LogP contribution in [0.5, 0.6) is 5.75 Å². The van der Waals surface area contributed by atoms with Gasteiger partial charge in [-0.1, -0.05) is 12.1 Å². The highest BCUT2D eigenvalue weighted by Crippen LogP contribution is 2.16. The van der Waals surface area contributed by atoms with Crippen LogP contribution >= 0.6 is 0 Å². The quantitative estimate of drug-likeness (QED) is 0.837. The Bertz CT molecular complexity index is 459. The average molecular weight is 277 g/mol. The largest absolute Gasteiger partial charge is 0.508 e. The zero-order valence-electron chi connectivity index (χ0n) is 12.1. The number of likely N-dealkylation sites (tertiary alicyclic amines) is 1. The van der Waals surface area contributed by atoms with E-state index in [1.54, 1.807) is 24.3 Å². The summed E-state index contributed by atoms with van der Waals surface area (Å²) in [6.45, 7) is 1.54. The van der Waals surface area contributed by atoms with Gasteiger partial charge in [-0.3, -0.25) is 4.79 Å². The van der Waals surface area contributed by atoms with E-state index < -0.39 is 6.04 Å². The van der Waals surface area contributed by atoms with E-state index in [4.69, 9.17) is 5.73 Å². The van der Waals surface area contributed by atoms with E-state index in [9.17, 15) is 9.90 Å². The number of hydrogen-bond acceptors (Lipinski definition) is 4. The van der Waals surface area contributed by atoms with Crippen molar-refractivity contribution in [2.45, 2.75) is 24.9 Å². The Kier molecular flexibility index (Phi) is 4.62. The van der Waals surface area contributed by atoms with Crippen LogP contribution in [0.1, 0.15) is 12.0 Å². The molecule has 1 aromatic rings. The molecule has 20 heavy (non-hydrogen) atoms. The molecule has 2 atom stereocenters. The molecule has 1 fully saturated rings. The molecular weight excluding hydrogens is 254 g/mol. The molecule has 0 radical (unpaired) electrons. The molecule has 0 saturated carbocycles. The molecule has 5 heteroatoms. The van der Waals surface area contributed by atoms with Crippen molar-refractivity contribution < 1.29 is 9.90 Å². The second-order valence-corrected chi connectivity index (χ2v) is 5.67. The molecule has 110 valence electrons. The Labute approximate surface area is 120 Å². The van der Waals surface area contributed by atoms with Gasteiger partial charge in [-0.2, -0.15) is 0 Å². The number of hydrogen-bond donors (Lipinski definition) is 2. The highest BCUT2D eigenvalue weighted by molar-refractivity contribution is 5.82. The number of phenolic OH excluding ortho intramolecular Hbond substituents is 1. The van der Waals surface area contributed by atoms with Crippen LogP contribution in [0.2, 0.25) is 0 Å². The molecule has 3 N–H and O–H groups in total. The summed E-state index contributed by atoms with van der Waals surface area (Å²) in [5.41, 5.74) is 6.99. The third-order valence-corrected chi connectivity index (χ3v) is 3.91. The standard InChI is InChI=1S/C15H23N3O2/c1-17(2)12-7-8-18(10-12)15(20)14(16)9-11-3-5-13(19)6-4-11/h3-6,12,14,19H,7-10,16H2,1-2H3. The lowest BCUT2D eigenvalue weighted by molar-refractivity contribution is -0.131. The first-order valence-electron chi connectivity index (χ1n) is 6.96. The number of benzene rings is 1. The van der Waals surface area contributed by atoms with E-state index >= 15 is 0 Å². The summed E-state index contributed by atoms with van der Waals surface area (Å²) >= 11 is 0. The zero-order valence-corrected chi connectivity index (χ0v) is 12.1. The number of rotatable bonds is 4. The molecule has 1 aromatic carbocycles. The molecule has 0 aliphatic carbocycles. The summed E-state index contributed by atoms with van der Waals surface area (Å²) < 4.78 is 0. The normalized spacial score (nSPS) is 20.4. The van der Waals surface area contributed by atoms with Crippen molar-refractivity contribution in [2.24, 2.45) is 5.73 Å². The predicted octanol–water partition coefficient (Wildman–Crippen LogP) is 0.425. The first-order chi connectivity index (χ1) is 9.47. The fraction of sp³-hybridized carbons (Fsp3) is 0.533. The number of amides is 1. The Morgan fingerprint density at radius 2 is 2.10 bits per heavy atom. The fourth-order valence-corrected chi connectivity index (χ4v) is 2.57. The third-order valence-electron chi connectivity index (χ3n) is 3.91. The average Bonchev–Trinajstić information content (AvgIpc) is 2.90. The number of nitrogens with two attached hydrogens (primary N) is 1. The molecule has 1 amide bonds. The summed E-state index contributed by atoms with van der Waals surface area (Å²) in [5, 5.41) is 9.24. The summed E-state index contributed by atoms with van der Waals surface area (Å²) in [4.78, 5) is 16.3. The zero-order chi connectivity index (χ0) is 14.7. The maximum Gasteiger partial charge on any atom is 0.239 e. The van der Waals surface area contributed by atoms with Gasteiger partial charge in [0.05, 0.1) is 6.04 Å². The minimum Gasteiger partial charge on any atom is -0.508 e. The van der Waals surface area contributed by atoms with Gasteiger partial charge in [0.15, 0.2) is 0 Å². The van der Waals surface area contributed by atoms with Crippen LogP contribution < -0.4 is 5.73 Å². The number of aromatic hydroxyl groups is 1. The molecule has 1 aliphatic rings. The first kappa shape index (κ1) is 14.8. The van der Waals surface area contributed by atoms with Gasteiger partial charge in [-0.05, 0) is 44.6 Å².